The summed E-state index contributed by atoms with van der Waals surface area (Å²) >= 11 is 1.28. The maximum Gasteiger partial charge on any atom is 0.341 e. The van der Waals surface area contributed by atoms with E-state index >= 15 is 0 Å². The molecule has 0 saturated carbocycles. The number of nitrogens with zero attached hydrogens (tertiary/aromatic N) is 1. The van der Waals surface area contributed by atoms with Gasteiger partial charge < -0.3 is 15.4 Å². The number of ether oxygens (including phenoxy) is 1. The van der Waals surface area contributed by atoms with Crippen LogP contribution in [0, 0.1) is 15.9 Å². The molecular weight excluding hydrogens is 389 g/mol. The Morgan fingerprint density at radius 3 is 2.64 bits per heavy atom. The molecule has 0 atom stereocenters. The third kappa shape index (κ3) is 5.26. The highest BCUT2D eigenvalue weighted by atomic mass is 32.1. The van der Waals surface area contributed by atoms with Crippen molar-refractivity contribution in [3.63, 3.8) is 0 Å². The number of amides is 1. The van der Waals surface area contributed by atoms with Crippen molar-refractivity contribution in [1.82, 2.24) is 0 Å². The van der Waals surface area contributed by atoms with Crippen LogP contribution in [0.2, 0.25) is 0 Å². The number of benzene rings is 1. The van der Waals surface area contributed by atoms with Crippen molar-refractivity contribution in [3.05, 3.63) is 50.6 Å². The van der Waals surface area contributed by atoms with E-state index in [0.717, 1.165) is 17.0 Å². The monoisotopic (exact) mass is 409 g/mol. The van der Waals surface area contributed by atoms with Crippen molar-refractivity contribution in [2.45, 2.75) is 26.7 Å². The van der Waals surface area contributed by atoms with Crippen LogP contribution in [0.15, 0.2) is 24.3 Å². The van der Waals surface area contributed by atoms with Crippen LogP contribution in [0.1, 0.15) is 41.9 Å². The number of rotatable bonds is 8. The van der Waals surface area contributed by atoms with E-state index in [0.29, 0.717) is 5.00 Å². The quantitative estimate of drug-likeness (QED) is 0.385. The molecule has 28 heavy (non-hydrogen) atoms. The van der Waals surface area contributed by atoms with Crippen LogP contribution in [0.5, 0.6) is 0 Å². The zero-order valence-electron chi connectivity index (χ0n) is 15.6. The number of halogens is 1. The molecule has 1 amide bonds. The number of esters is 1. The second-order valence-electron chi connectivity index (χ2n) is 6.09. The molecule has 2 aromatic rings. The summed E-state index contributed by atoms with van der Waals surface area (Å²) in [6, 6.07) is 4.95. The first-order chi connectivity index (χ1) is 13.2. The van der Waals surface area contributed by atoms with Crippen molar-refractivity contribution < 1.29 is 23.6 Å². The molecule has 0 saturated heterocycles. The predicted octanol–water partition coefficient (Wildman–Crippen LogP) is 4.15. The van der Waals surface area contributed by atoms with E-state index in [1.165, 1.54) is 17.4 Å². The molecule has 0 aliphatic carbocycles. The third-order valence-corrected chi connectivity index (χ3v) is 5.02. The summed E-state index contributed by atoms with van der Waals surface area (Å²) < 4.78 is 18.4. The van der Waals surface area contributed by atoms with Gasteiger partial charge in [0.05, 0.1) is 23.6 Å². The van der Waals surface area contributed by atoms with Gasteiger partial charge in [-0.2, -0.15) is 4.39 Å². The lowest BCUT2D eigenvalue weighted by Crippen LogP contribution is -2.22. The van der Waals surface area contributed by atoms with Crippen LogP contribution in [0.4, 0.5) is 20.8 Å². The highest BCUT2D eigenvalue weighted by molar-refractivity contribution is 7.16. The van der Waals surface area contributed by atoms with Crippen LogP contribution in [0.3, 0.4) is 0 Å². The standard InChI is InChI=1S/C18H20FN3O5S/c1-4-27-18(24)12-8-15(10(2)3)28-17(12)21-16(23)9-20-11-5-6-13(19)14(7-11)22(25)26/h5-8,10,20H,4,9H2,1-3H3,(H,21,23). The van der Waals surface area contributed by atoms with Gasteiger partial charge in [-0.05, 0) is 31.0 Å². The molecule has 10 heteroatoms. The van der Waals surface area contributed by atoms with E-state index in [9.17, 15) is 24.1 Å². The summed E-state index contributed by atoms with van der Waals surface area (Å²) in [4.78, 5) is 35.2. The topological polar surface area (TPSA) is 111 Å². The van der Waals surface area contributed by atoms with Crippen molar-refractivity contribution in [2.75, 3.05) is 23.8 Å². The average molecular weight is 409 g/mol. The number of hydrogen-bond donors (Lipinski definition) is 2. The highest BCUT2D eigenvalue weighted by Gasteiger charge is 2.20. The van der Waals surface area contributed by atoms with Gasteiger partial charge in [0.2, 0.25) is 11.7 Å². The Labute approximate surface area is 164 Å². The fraction of sp³-hybridized carbons (Fsp3) is 0.333. The minimum atomic E-state index is -0.959. The largest absolute Gasteiger partial charge is 0.462 e. The summed E-state index contributed by atoms with van der Waals surface area (Å²) in [5.74, 6) is -1.78. The van der Waals surface area contributed by atoms with E-state index in [1.54, 1.807) is 13.0 Å². The van der Waals surface area contributed by atoms with E-state index < -0.39 is 28.3 Å². The number of nitro groups is 1. The Morgan fingerprint density at radius 2 is 2.04 bits per heavy atom. The van der Waals surface area contributed by atoms with Crippen LogP contribution in [-0.4, -0.2) is 30.0 Å². The van der Waals surface area contributed by atoms with Gasteiger partial charge >= 0.3 is 11.7 Å². The van der Waals surface area contributed by atoms with Gasteiger partial charge in [-0.15, -0.1) is 11.3 Å². The first-order valence-corrected chi connectivity index (χ1v) is 9.33. The Morgan fingerprint density at radius 1 is 1.32 bits per heavy atom. The number of carbonyl (C=O) groups excluding carboxylic acids is 2. The molecule has 0 aliphatic rings. The van der Waals surface area contributed by atoms with Crippen LogP contribution >= 0.6 is 11.3 Å². The summed E-state index contributed by atoms with van der Waals surface area (Å²) in [6.45, 7) is 5.62. The Bertz CT molecular complexity index is 897. The van der Waals surface area contributed by atoms with Crippen LogP contribution < -0.4 is 10.6 Å². The van der Waals surface area contributed by atoms with E-state index in [2.05, 4.69) is 10.6 Å². The average Bonchev–Trinajstić information content (AvgIpc) is 3.05. The molecule has 8 nitrogen and oxygen atoms in total. The SMILES string of the molecule is CCOC(=O)c1cc(C(C)C)sc1NC(=O)CNc1ccc(F)c([N+](=O)[O-])c1. The third-order valence-electron chi connectivity index (χ3n) is 3.66. The Kier molecular flexibility index (Phi) is 7.05. The van der Waals surface area contributed by atoms with E-state index in [4.69, 9.17) is 4.74 Å². The molecule has 1 aromatic carbocycles. The number of carbonyl (C=O) groups is 2. The summed E-state index contributed by atoms with van der Waals surface area (Å²) in [5.41, 5.74) is -0.181. The second kappa shape index (κ2) is 9.27. The van der Waals surface area contributed by atoms with E-state index in [1.807, 2.05) is 13.8 Å². The number of nitrogens with one attached hydrogen (secondary N) is 2. The van der Waals surface area contributed by atoms with Crippen molar-refractivity contribution in [3.8, 4) is 0 Å². The Hall–Kier alpha value is -3.01. The lowest BCUT2D eigenvalue weighted by molar-refractivity contribution is -0.387. The molecule has 2 N–H and O–H groups in total. The first kappa shape index (κ1) is 21.3. The van der Waals surface area contributed by atoms with Crippen LogP contribution in [-0.2, 0) is 9.53 Å². The lowest BCUT2D eigenvalue weighted by atomic mass is 10.1. The summed E-state index contributed by atoms with van der Waals surface area (Å²) in [6.07, 6.45) is 0. The van der Waals surface area contributed by atoms with Gasteiger partial charge in [0, 0.05) is 16.6 Å². The van der Waals surface area contributed by atoms with Gasteiger partial charge in [-0.3, -0.25) is 14.9 Å². The van der Waals surface area contributed by atoms with Gasteiger partial charge in [-0.25, -0.2) is 4.79 Å². The number of thiophene rings is 1. The van der Waals surface area contributed by atoms with Crippen LogP contribution in [0.25, 0.3) is 0 Å². The molecule has 1 aromatic heterocycles. The molecule has 150 valence electrons. The molecular formula is C18H20FN3O5S. The molecule has 2 rings (SSSR count). The zero-order chi connectivity index (χ0) is 20.8. The van der Waals surface area contributed by atoms with Crippen molar-refractivity contribution in [1.29, 1.82) is 0 Å². The maximum absolute atomic E-state index is 13.4. The van der Waals surface area contributed by atoms with Gasteiger partial charge in [0.1, 0.15) is 5.00 Å². The molecule has 0 unspecified atom stereocenters. The van der Waals surface area contributed by atoms with Gasteiger partial charge in [0.15, 0.2) is 0 Å². The van der Waals surface area contributed by atoms with Crippen molar-refractivity contribution >= 4 is 39.6 Å². The smallest absolute Gasteiger partial charge is 0.341 e. The molecule has 1 heterocycles. The fourth-order valence-corrected chi connectivity index (χ4v) is 3.33. The van der Waals surface area contributed by atoms with Gasteiger partial charge in [-0.1, -0.05) is 13.8 Å². The fourth-order valence-electron chi connectivity index (χ4n) is 2.26. The van der Waals surface area contributed by atoms with Gasteiger partial charge in [0.25, 0.3) is 0 Å². The molecule has 0 radical (unpaired) electrons. The summed E-state index contributed by atoms with van der Waals surface area (Å²) in [5, 5.41) is 16.5. The second-order valence-corrected chi connectivity index (χ2v) is 7.18. The highest BCUT2D eigenvalue weighted by Crippen LogP contribution is 2.33. The molecule has 0 aliphatic heterocycles. The number of anilines is 2. The minimum absolute atomic E-state index is 0.168. The first-order valence-electron chi connectivity index (χ1n) is 8.51. The lowest BCUT2D eigenvalue weighted by Gasteiger charge is -2.08. The summed E-state index contributed by atoms with van der Waals surface area (Å²) in [7, 11) is 0. The maximum atomic E-state index is 13.4. The Balaban J connectivity index is 2.09. The minimum Gasteiger partial charge on any atom is -0.462 e. The molecule has 0 bridgehead atoms. The zero-order valence-corrected chi connectivity index (χ0v) is 16.4. The van der Waals surface area contributed by atoms with Crippen molar-refractivity contribution in [2.24, 2.45) is 0 Å². The number of hydrogen-bond acceptors (Lipinski definition) is 7. The number of nitro benzene ring substituents is 1. The molecule has 0 spiro atoms. The van der Waals surface area contributed by atoms with E-state index in [-0.39, 0.29) is 30.3 Å². The predicted molar refractivity (Wildman–Crippen MR) is 105 cm³/mol. The normalized spacial score (nSPS) is 10.6. The molecule has 0 fully saturated rings.